The van der Waals surface area contributed by atoms with Crippen LogP contribution in [0, 0.1) is 17.5 Å². The molecule has 2 aromatic carbocycles. The van der Waals surface area contributed by atoms with Crippen molar-refractivity contribution in [3.05, 3.63) is 80.3 Å². The van der Waals surface area contributed by atoms with Crippen LogP contribution in [0.15, 0.2) is 46.0 Å². The second kappa shape index (κ2) is 8.92. The highest BCUT2D eigenvalue weighted by Crippen LogP contribution is 2.49. The normalized spacial score (nSPS) is 23.2. The summed E-state index contributed by atoms with van der Waals surface area (Å²) in [6.07, 6.45) is 3.73. The van der Waals surface area contributed by atoms with Crippen LogP contribution in [-0.2, 0) is 4.79 Å². The molecule has 2 aliphatic rings. The summed E-state index contributed by atoms with van der Waals surface area (Å²) in [6.45, 7) is 1.54. The number of hydrogen-bond acceptors (Lipinski definition) is 4. The minimum absolute atomic E-state index is 0.0494. The third-order valence-electron chi connectivity index (χ3n) is 8.05. The lowest BCUT2D eigenvalue weighted by atomic mass is 9.82. The Morgan fingerprint density at radius 1 is 1.11 bits per heavy atom. The molecule has 2 N–H and O–H groups in total. The number of benzene rings is 2. The summed E-state index contributed by atoms with van der Waals surface area (Å²) < 4.78 is 42.5. The molecule has 10 heteroatoms. The van der Waals surface area contributed by atoms with Gasteiger partial charge in [-0.15, -0.1) is 0 Å². The van der Waals surface area contributed by atoms with Crippen LogP contribution in [0.3, 0.4) is 0 Å². The fraction of sp³-hybridized carbons (Fsp3) is 0.423. The molecule has 7 nitrogen and oxygen atoms in total. The monoisotopic (exact) mass is 500 g/mol. The fourth-order valence-corrected chi connectivity index (χ4v) is 6.00. The second-order valence-electron chi connectivity index (χ2n) is 9.98. The van der Waals surface area contributed by atoms with Crippen LogP contribution in [0.4, 0.5) is 13.2 Å². The molecule has 0 saturated carbocycles. The molecule has 1 amide bonds. The number of aromatic nitrogens is 2. The zero-order valence-corrected chi connectivity index (χ0v) is 20.0. The van der Waals surface area contributed by atoms with Crippen molar-refractivity contribution in [3.8, 4) is 0 Å². The van der Waals surface area contributed by atoms with Gasteiger partial charge in [0.15, 0.2) is 0 Å². The Hall–Kier alpha value is -3.40. The van der Waals surface area contributed by atoms with E-state index in [0.717, 1.165) is 54.5 Å². The number of nitrogens with zero attached hydrogens (tertiary/aromatic N) is 2. The Morgan fingerprint density at radius 2 is 1.78 bits per heavy atom. The number of carbonyl (C=O) groups excluding carboxylic acids is 1. The van der Waals surface area contributed by atoms with E-state index in [1.807, 2.05) is 7.05 Å². The van der Waals surface area contributed by atoms with E-state index in [9.17, 15) is 27.6 Å². The van der Waals surface area contributed by atoms with E-state index in [1.165, 1.54) is 12.1 Å². The SMILES string of the molecule is C[C@H](NC(=O)[C@@H](CC12CCC(CC1)N2C)n1c(=O)[nH]c2ccc(F)cc2c1=O)c1ccc(F)cc1F. The van der Waals surface area contributed by atoms with Crippen LogP contribution < -0.4 is 16.6 Å². The summed E-state index contributed by atoms with van der Waals surface area (Å²) in [5.74, 6) is -2.85. The Balaban J connectivity index is 1.57. The first-order valence-corrected chi connectivity index (χ1v) is 12.0. The van der Waals surface area contributed by atoms with Gasteiger partial charge >= 0.3 is 5.69 Å². The molecule has 2 saturated heterocycles. The van der Waals surface area contributed by atoms with Crippen LogP contribution in [-0.4, -0.2) is 39.0 Å². The van der Waals surface area contributed by atoms with Crippen LogP contribution in [0.2, 0.25) is 0 Å². The van der Waals surface area contributed by atoms with Crippen molar-refractivity contribution in [2.24, 2.45) is 0 Å². The molecule has 0 unspecified atom stereocenters. The van der Waals surface area contributed by atoms with Gasteiger partial charge in [-0.25, -0.2) is 22.5 Å². The number of carbonyl (C=O) groups is 1. The first-order chi connectivity index (χ1) is 17.1. The molecule has 5 rings (SSSR count). The van der Waals surface area contributed by atoms with Crippen molar-refractivity contribution in [3.63, 3.8) is 0 Å². The first kappa shape index (κ1) is 24.3. The average molecular weight is 501 g/mol. The molecule has 2 aliphatic heterocycles. The highest BCUT2D eigenvalue weighted by atomic mass is 19.1. The predicted molar refractivity (Wildman–Crippen MR) is 128 cm³/mol. The smallest absolute Gasteiger partial charge is 0.329 e. The molecule has 1 aromatic heterocycles. The number of H-pyrrole nitrogens is 1. The van der Waals surface area contributed by atoms with Gasteiger partial charge in [0.2, 0.25) is 5.91 Å². The molecule has 2 fully saturated rings. The minimum atomic E-state index is -1.22. The predicted octanol–water partition coefficient (Wildman–Crippen LogP) is 3.54. The number of fused-ring (bicyclic) bond motifs is 3. The number of aromatic amines is 1. The summed E-state index contributed by atoms with van der Waals surface area (Å²) in [4.78, 5) is 45.0. The molecular formula is C26H27F3N4O3. The summed E-state index contributed by atoms with van der Waals surface area (Å²) in [6, 6.07) is 4.83. The Morgan fingerprint density at radius 3 is 2.42 bits per heavy atom. The van der Waals surface area contributed by atoms with E-state index in [4.69, 9.17) is 0 Å². The van der Waals surface area contributed by atoms with Crippen molar-refractivity contribution in [2.45, 2.75) is 62.7 Å². The van der Waals surface area contributed by atoms with Crippen molar-refractivity contribution < 1.29 is 18.0 Å². The molecular weight excluding hydrogens is 473 g/mol. The Bertz CT molecular complexity index is 1460. The third-order valence-corrected chi connectivity index (χ3v) is 8.05. The van der Waals surface area contributed by atoms with Crippen molar-refractivity contribution in [1.82, 2.24) is 19.8 Å². The topological polar surface area (TPSA) is 87.2 Å². The highest BCUT2D eigenvalue weighted by Gasteiger charge is 2.51. The molecule has 0 aliphatic carbocycles. The van der Waals surface area contributed by atoms with Crippen LogP contribution in [0.25, 0.3) is 10.9 Å². The van der Waals surface area contributed by atoms with Gasteiger partial charge in [-0.05, 0) is 70.3 Å². The van der Waals surface area contributed by atoms with Crippen molar-refractivity contribution in [2.75, 3.05) is 7.05 Å². The van der Waals surface area contributed by atoms with Gasteiger partial charge in [0.05, 0.1) is 16.9 Å². The summed E-state index contributed by atoms with van der Waals surface area (Å²) in [5.41, 5.74) is -1.70. The molecule has 3 aromatic rings. The minimum Gasteiger partial charge on any atom is -0.348 e. The second-order valence-corrected chi connectivity index (χ2v) is 9.98. The number of amides is 1. The summed E-state index contributed by atoms with van der Waals surface area (Å²) in [7, 11) is 1.99. The van der Waals surface area contributed by atoms with Gasteiger partial charge in [-0.1, -0.05) is 6.07 Å². The van der Waals surface area contributed by atoms with Crippen LogP contribution in [0.1, 0.15) is 56.7 Å². The lowest BCUT2D eigenvalue weighted by Gasteiger charge is -2.36. The largest absolute Gasteiger partial charge is 0.348 e. The van der Waals surface area contributed by atoms with Gasteiger partial charge in [0.25, 0.3) is 5.56 Å². The molecule has 3 heterocycles. The number of nitrogens with one attached hydrogen (secondary N) is 2. The zero-order chi connectivity index (χ0) is 25.8. The van der Waals surface area contributed by atoms with E-state index in [-0.39, 0.29) is 28.4 Å². The molecule has 2 atom stereocenters. The van der Waals surface area contributed by atoms with E-state index in [1.54, 1.807) is 6.92 Å². The lowest BCUT2D eigenvalue weighted by Crippen LogP contribution is -2.50. The van der Waals surface area contributed by atoms with E-state index in [2.05, 4.69) is 15.2 Å². The van der Waals surface area contributed by atoms with Crippen LogP contribution in [0.5, 0.6) is 0 Å². The Kier molecular flexibility index (Phi) is 6.02. The molecule has 190 valence electrons. The van der Waals surface area contributed by atoms with Gasteiger partial charge in [0, 0.05) is 23.2 Å². The van der Waals surface area contributed by atoms with Crippen molar-refractivity contribution in [1.29, 1.82) is 0 Å². The van der Waals surface area contributed by atoms with Gasteiger partial charge in [-0.3, -0.25) is 14.5 Å². The van der Waals surface area contributed by atoms with Gasteiger partial charge < -0.3 is 10.3 Å². The molecule has 36 heavy (non-hydrogen) atoms. The number of halogens is 3. The molecule has 2 bridgehead atoms. The van der Waals surface area contributed by atoms with Crippen molar-refractivity contribution >= 4 is 16.8 Å². The molecule has 0 spiro atoms. The van der Waals surface area contributed by atoms with E-state index < -0.39 is 46.7 Å². The Labute approximate surface area is 204 Å². The maximum atomic E-state index is 14.4. The van der Waals surface area contributed by atoms with Gasteiger partial charge in [0.1, 0.15) is 23.5 Å². The van der Waals surface area contributed by atoms with E-state index >= 15 is 0 Å². The average Bonchev–Trinajstić information content (AvgIpc) is 3.30. The fourth-order valence-electron chi connectivity index (χ4n) is 6.00. The highest BCUT2D eigenvalue weighted by molar-refractivity contribution is 5.82. The quantitative estimate of drug-likeness (QED) is 0.542. The molecule has 0 radical (unpaired) electrons. The maximum absolute atomic E-state index is 14.4. The first-order valence-electron chi connectivity index (χ1n) is 12.0. The third kappa shape index (κ3) is 4.03. The van der Waals surface area contributed by atoms with Gasteiger partial charge in [-0.2, -0.15) is 0 Å². The van der Waals surface area contributed by atoms with Crippen LogP contribution >= 0.6 is 0 Å². The number of rotatable bonds is 6. The lowest BCUT2D eigenvalue weighted by molar-refractivity contribution is -0.126. The maximum Gasteiger partial charge on any atom is 0.329 e. The van der Waals surface area contributed by atoms with E-state index in [0.29, 0.717) is 6.04 Å². The zero-order valence-electron chi connectivity index (χ0n) is 20.0. The summed E-state index contributed by atoms with van der Waals surface area (Å²) in [5, 5.41) is 2.66. The standard InChI is InChI=1S/C26H27F3N4O3/c1-14(18-5-3-16(28)12-20(18)29)30-23(34)22(13-26-9-7-17(8-10-26)32(26)2)33-24(35)19-11-15(27)4-6-21(19)31-25(33)36/h3-6,11-12,14,17,22H,7-10,13H2,1-2H3,(H,30,34)(H,31,36)/t14-,17?,22+,26?/m0/s1. The summed E-state index contributed by atoms with van der Waals surface area (Å²) >= 11 is 0. The number of hydrogen-bond donors (Lipinski definition) is 2.